The summed E-state index contributed by atoms with van der Waals surface area (Å²) in [6.07, 6.45) is 3.56. The lowest BCUT2D eigenvalue weighted by Crippen LogP contribution is -2.38. The molecule has 23 heavy (non-hydrogen) atoms. The van der Waals surface area contributed by atoms with Crippen molar-refractivity contribution in [2.24, 2.45) is 0 Å². The van der Waals surface area contributed by atoms with E-state index in [1.54, 1.807) is 11.3 Å². The fraction of sp³-hybridized carbons (Fsp3) is 0.500. The van der Waals surface area contributed by atoms with Gasteiger partial charge in [-0.1, -0.05) is 18.2 Å². The van der Waals surface area contributed by atoms with Crippen molar-refractivity contribution in [1.29, 1.82) is 0 Å². The predicted octanol–water partition coefficient (Wildman–Crippen LogP) is 3.50. The molecule has 1 aromatic heterocycles. The second-order valence-electron chi connectivity index (χ2n) is 6.62. The quantitative estimate of drug-likeness (QED) is 0.901. The highest BCUT2D eigenvalue weighted by Gasteiger charge is 2.21. The Morgan fingerprint density at radius 3 is 3.00 bits per heavy atom. The zero-order valence-electron chi connectivity index (χ0n) is 13.6. The van der Waals surface area contributed by atoms with Gasteiger partial charge in [0.2, 0.25) is 0 Å². The lowest BCUT2D eigenvalue weighted by Gasteiger charge is -2.32. The number of benzene rings is 1. The van der Waals surface area contributed by atoms with Crippen LogP contribution >= 0.6 is 11.3 Å². The summed E-state index contributed by atoms with van der Waals surface area (Å²) in [6.45, 7) is 6.53. The maximum absolute atomic E-state index is 4.52. The van der Waals surface area contributed by atoms with Gasteiger partial charge in [0, 0.05) is 43.3 Å². The Morgan fingerprint density at radius 1 is 1.35 bits per heavy atom. The van der Waals surface area contributed by atoms with E-state index in [1.165, 1.54) is 36.1 Å². The lowest BCUT2D eigenvalue weighted by molar-refractivity contribution is 0.211. The molecule has 3 heterocycles. The fourth-order valence-electron chi connectivity index (χ4n) is 3.61. The molecule has 2 aromatic rings. The summed E-state index contributed by atoms with van der Waals surface area (Å²) in [5.74, 6) is 0. The normalized spacial score (nSPS) is 18.7. The molecule has 1 aromatic carbocycles. The number of para-hydroxylation sites is 1. The van der Waals surface area contributed by atoms with Gasteiger partial charge in [-0.25, -0.2) is 4.98 Å². The van der Waals surface area contributed by atoms with Crippen LogP contribution in [-0.2, 0) is 13.0 Å². The van der Waals surface area contributed by atoms with Crippen molar-refractivity contribution >= 4 is 22.2 Å². The maximum Gasteiger partial charge on any atom is 0.183 e. The van der Waals surface area contributed by atoms with Crippen molar-refractivity contribution < 1.29 is 0 Å². The third-order valence-corrected chi connectivity index (χ3v) is 5.75. The molecule has 0 unspecified atom stereocenters. The van der Waals surface area contributed by atoms with Crippen LogP contribution in [0.2, 0.25) is 0 Å². The highest BCUT2D eigenvalue weighted by atomic mass is 32.1. The minimum absolute atomic E-state index is 0.566. The molecule has 2 aliphatic heterocycles. The smallest absolute Gasteiger partial charge is 0.183 e. The van der Waals surface area contributed by atoms with Gasteiger partial charge in [-0.2, -0.15) is 0 Å². The number of aryl methyl sites for hydroxylation is 1. The molecule has 2 N–H and O–H groups in total. The number of nitrogens with one attached hydrogen (secondary N) is 2. The molecular formula is C18H24N4S. The standard InChI is InChI=1S/C18H24N4S/c1-13-12-23-18(20-13)21-16-6-9-22(10-7-16)11-15-4-2-3-14-5-8-19-17(14)15/h2-4,12,16,19H,5-11H2,1H3,(H,20,21). The molecule has 1 fully saturated rings. The van der Waals surface area contributed by atoms with Gasteiger partial charge < -0.3 is 10.6 Å². The summed E-state index contributed by atoms with van der Waals surface area (Å²) in [5, 5.41) is 10.3. The zero-order valence-corrected chi connectivity index (χ0v) is 14.5. The Balaban J connectivity index is 1.33. The Hall–Kier alpha value is -1.59. The molecule has 4 rings (SSSR count). The van der Waals surface area contributed by atoms with Gasteiger partial charge >= 0.3 is 0 Å². The van der Waals surface area contributed by atoms with Gasteiger partial charge in [-0.3, -0.25) is 4.90 Å². The predicted molar refractivity (Wildman–Crippen MR) is 97.4 cm³/mol. The fourth-order valence-corrected chi connectivity index (χ4v) is 4.38. The van der Waals surface area contributed by atoms with Crippen molar-refractivity contribution in [1.82, 2.24) is 9.88 Å². The average molecular weight is 328 g/mol. The van der Waals surface area contributed by atoms with Crippen LogP contribution in [0.4, 0.5) is 10.8 Å². The number of fused-ring (bicyclic) bond motifs is 1. The van der Waals surface area contributed by atoms with E-state index in [-0.39, 0.29) is 0 Å². The largest absolute Gasteiger partial charge is 0.384 e. The van der Waals surface area contributed by atoms with Gasteiger partial charge in [0.05, 0.1) is 5.69 Å². The molecule has 5 heteroatoms. The molecule has 4 nitrogen and oxygen atoms in total. The zero-order chi connectivity index (χ0) is 15.6. The summed E-state index contributed by atoms with van der Waals surface area (Å²) >= 11 is 1.72. The molecule has 0 amide bonds. The average Bonchev–Trinajstić information content (AvgIpc) is 3.19. The summed E-state index contributed by atoms with van der Waals surface area (Å²) < 4.78 is 0. The van der Waals surface area contributed by atoms with Crippen LogP contribution in [0, 0.1) is 6.92 Å². The van der Waals surface area contributed by atoms with E-state index >= 15 is 0 Å². The highest BCUT2D eigenvalue weighted by Crippen LogP contribution is 2.28. The van der Waals surface area contributed by atoms with Gasteiger partial charge in [-0.05, 0) is 37.3 Å². The van der Waals surface area contributed by atoms with E-state index in [4.69, 9.17) is 0 Å². The molecule has 0 spiro atoms. The monoisotopic (exact) mass is 328 g/mol. The minimum atomic E-state index is 0.566. The number of hydrogen-bond donors (Lipinski definition) is 2. The van der Waals surface area contributed by atoms with E-state index in [9.17, 15) is 0 Å². The second kappa shape index (κ2) is 6.49. The number of anilines is 2. The van der Waals surface area contributed by atoms with Crippen LogP contribution in [-0.4, -0.2) is 35.6 Å². The molecule has 0 bridgehead atoms. The van der Waals surface area contributed by atoms with Crippen LogP contribution < -0.4 is 10.6 Å². The molecule has 0 atom stereocenters. The Morgan fingerprint density at radius 2 is 2.22 bits per heavy atom. The van der Waals surface area contributed by atoms with Crippen LogP contribution in [0.15, 0.2) is 23.6 Å². The maximum atomic E-state index is 4.52. The first-order valence-corrected chi connectivity index (χ1v) is 9.41. The highest BCUT2D eigenvalue weighted by molar-refractivity contribution is 7.13. The van der Waals surface area contributed by atoms with Crippen LogP contribution in [0.5, 0.6) is 0 Å². The molecule has 0 saturated carbocycles. The van der Waals surface area contributed by atoms with E-state index in [2.05, 4.69) is 51.0 Å². The first-order chi connectivity index (χ1) is 11.3. The number of nitrogens with zero attached hydrogens (tertiary/aromatic N) is 2. The first kappa shape index (κ1) is 15.0. The Kier molecular flexibility index (Phi) is 4.23. The van der Waals surface area contributed by atoms with Gasteiger partial charge in [0.1, 0.15) is 0 Å². The number of hydrogen-bond acceptors (Lipinski definition) is 5. The molecule has 0 radical (unpaired) electrons. The van der Waals surface area contributed by atoms with Crippen molar-refractivity contribution in [3.8, 4) is 0 Å². The summed E-state index contributed by atoms with van der Waals surface area (Å²) in [4.78, 5) is 7.10. The van der Waals surface area contributed by atoms with Crippen LogP contribution in [0.3, 0.4) is 0 Å². The SMILES string of the molecule is Cc1csc(NC2CCN(Cc3cccc4c3NCC4)CC2)n1. The number of piperidine rings is 1. The van der Waals surface area contributed by atoms with Crippen molar-refractivity contribution in [2.75, 3.05) is 30.3 Å². The van der Waals surface area contributed by atoms with Gasteiger partial charge in [-0.15, -0.1) is 11.3 Å². The topological polar surface area (TPSA) is 40.2 Å². The minimum Gasteiger partial charge on any atom is -0.384 e. The molecule has 2 aliphatic rings. The first-order valence-electron chi connectivity index (χ1n) is 8.53. The van der Waals surface area contributed by atoms with Crippen molar-refractivity contribution in [2.45, 2.75) is 38.8 Å². The number of thiazole rings is 1. The molecule has 122 valence electrons. The van der Waals surface area contributed by atoms with Crippen molar-refractivity contribution in [3.63, 3.8) is 0 Å². The van der Waals surface area contributed by atoms with Gasteiger partial charge in [0.25, 0.3) is 0 Å². The van der Waals surface area contributed by atoms with E-state index in [1.807, 2.05) is 0 Å². The lowest BCUT2D eigenvalue weighted by atomic mass is 10.0. The van der Waals surface area contributed by atoms with E-state index in [0.717, 1.165) is 37.0 Å². The summed E-state index contributed by atoms with van der Waals surface area (Å²) in [7, 11) is 0. The second-order valence-corrected chi connectivity index (χ2v) is 7.47. The number of rotatable bonds is 4. The summed E-state index contributed by atoms with van der Waals surface area (Å²) in [5.41, 5.74) is 5.45. The Labute approximate surface area is 141 Å². The van der Waals surface area contributed by atoms with Gasteiger partial charge in [0.15, 0.2) is 5.13 Å². The van der Waals surface area contributed by atoms with E-state index in [0.29, 0.717) is 6.04 Å². The molecular weight excluding hydrogens is 304 g/mol. The number of likely N-dealkylation sites (tertiary alicyclic amines) is 1. The third kappa shape index (κ3) is 3.35. The van der Waals surface area contributed by atoms with Crippen LogP contribution in [0.25, 0.3) is 0 Å². The van der Waals surface area contributed by atoms with Crippen molar-refractivity contribution in [3.05, 3.63) is 40.4 Å². The van der Waals surface area contributed by atoms with Crippen LogP contribution in [0.1, 0.15) is 29.7 Å². The Bertz CT molecular complexity index is 673. The summed E-state index contributed by atoms with van der Waals surface area (Å²) in [6, 6.07) is 7.31. The van der Waals surface area contributed by atoms with E-state index < -0.39 is 0 Å². The molecule has 0 aliphatic carbocycles. The third-order valence-electron chi connectivity index (χ3n) is 4.86. The number of aromatic nitrogens is 1. The molecule has 1 saturated heterocycles.